The highest BCUT2D eigenvalue weighted by molar-refractivity contribution is 5.84. The minimum Gasteiger partial charge on any atom is -0.330 e. The maximum absolute atomic E-state index is 13.7. The molecule has 1 aliphatic heterocycles. The summed E-state index contributed by atoms with van der Waals surface area (Å²) in [7, 11) is 2.01. The summed E-state index contributed by atoms with van der Waals surface area (Å²) in [6, 6.07) is 7.85. The van der Waals surface area contributed by atoms with Gasteiger partial charge in [0.2, 0.25) is 5.91 Å². The van der Waals surface area contributed by atoms with Crippen LogP contribution < -0.4 is 0 Å². The van der Waals surface area contributed by atoms with Crippen LogP contribution in [0.25, 0.3) is 0 Å². The first-order valence-corrected chi connectivity index (χ1v) is 14.1. The van der Waals surface area contributed by atoms with Gasteiger partial charge in [0, 0.05) is 32.7 Å². The van der Waals surface area contributed by atoms with Crippen molar-refractivity contribution in [2.45, 2.75) is 46.2 Å². The molecule has 2 atom stereocenters. The van der Waals surface area contributed by atoms with Crippen LogP contribution in [0.15, 0.2) is 96.2 Å². The van der Waals surface area contributed by atoms with Crippen LogP contribution in [-0.4, -0.2) is 72.7 Å². The van der Waals surface area contributed by atoms with E-state index in [4.69, 9.17) is 0 Å². The Morgan fingerprint density at radius 2 is 2.00 bits per heavy atom. The van der Waals surface area contributed by atoms with Gasteiger partial charge in [-0.25, -0.2) is 0 Å². The molecule has 0 radical (unpaired) electrons. The molecule has 5 heteroatoms. The lowest BCUT2D eigenvalue weighted by Crippen LogP contribution is -2.58. The van der Waals surface area contributed by atoms with Gasteiger partial charge < -0.3 is 9.69 Å². The second kappa shape index (κ2) is 16.0. The molecule has 39 heavy (non-hydrogen) atoms. The normalized spacial score (nSPS) is 21.5. The van der Waals surface area contributed by atoms with Crippen molar-refractivity contribution in [1.29, 1.82) is 0 Å². The summed E-state index contributed by atoms with van der Waals surface area (Å²) in [5, 5.41) is 0. The van der Waals surface area contributed by atoms with Crippen molar-refractivity contribution in [3.05, 3.63) is 107 Å². The van der Waals surface area contributed by atoms with E-state index >= 15 is 0 Å². The minimum absolute atomic E-state index is 0.0132. The molecule has 1 amide bonds. The first-order chi connectivity index (χ1) is 18.9. The van der Waals surface area contributed by atoms with E-state index in [0.29, 0.717) is 19.0 Å². The Morgan fingerprint density at radius 3 is 2.77 bits per heavy atom. The highest BCUT2D eigenvalue weighted by Crippen LogP contribution is 2.19. The Kier molecular flexibility index (Phi) is 12.4. The largest absolute Gasteiger partial charge is 0.330 e. The second-order valence-electron chi connectivity index (χ2n) is 10.6. The van der Waals surface area contributed by atoms with Gasteiger partial charge in [-0.05, 0) is 57.7 Å². The van der Waals surface area contributed by atoms with Crippen LogP contribution in [0, 0.1) is 12.8 Å². The van der Waals surface area contributed by atoms with E-state index in [1.165, 1.54) is 11.1 Å². The number of hydrogen-bond donors (Lipinski definition) is 0. The van der Waals surface area contributed by atoms with Crippen molar-refractivity contribution in [3.8, 4) is 0 Å². The summed E-state index contributed by atoms with van der Waals surface area (Å²) in [6.07, 6.45) is 24.7. The molecular formula is C34H45N3O2. The maximum atomic E-state index is 13.7. The predicted octanol–water partition coefficient (Wildman–Crippen LogP) is 5.67. The molecule has 5 nitrogen and oxygen atoms in total. The summed E-state index contributed by atoms with van der Waals surface area (Å²) in [5.41, 5.74) is 4.68. The van der Waals surface area contributed by atoms with Crippen LogP contribution >= 0.6 is 0 Å². The standard InChI is InChI=1S/C34H45N3O2/c1-5-6-9-17-32(19-18-30-14-10-7-8-11-15-30)29(3)25-36-21-20-35(4)33(27-36)34(39)37(22-23-38)26-31-16-12-13-28(2)24-31/h5-10,12-14,16-19,23-24,30,33H,11,15,20-22,25-27H2,1-4H3/b6-5-,17-9-,19-18-,32-29+. The molecule has 2 aliphatic rings. The zero-order valence-electron chi connectivity index (χ0n) is 24.1. The quantitative estimate of drug-likeness (QED) is 0.275. The molecule has 0 spiro atoms. The number of likely N-dealkylation sites (N-methyl/N-ethyl adjacent to an activating group) is 1. The fraction of sp³-hybridized carbons (Fsp3) is 0.412. The fourth-order valence-electron chi connectivity index (χ4n) is 5.10. The van der Waals surface area contributed by atoms with Crippen LogP contribution in [0.2, 0.25) is 0 Å². The summed E-state index contributed by atoms with van der Waals surface area (Å²) < 4.78 is 0. The Bertz CT molecular complexity index is 1140. The summed E-state index contributed by atoms with van der Waals surface area (Å²) in [5.74, 6) is 0.444. The van der Waals surface area contributed by atoms with Gasteiger partial charge in [0.15, 0.2) is 0 Å². The molecule has 0 aromatic heterocycles. The van der Waals surface area contributed by atoms with Gasteiger partial charge >= 0.3 is 0 Å². The number of allylic oxidation sites excluding steroid dienone is 11. The lowest BCUT2D eigenvalue weighted by molar-refractivity contribution is -0.140. The molecule has 1 aliphatic carbocycles. The van der Waals surface area contributed by atoms with Gasteiger partial charge in [-0.1, -0.05) is 96.2 Å². The molecule has 208 valence electrons. The number of nitrogens with zero attached hydrogens (tertiary/aromatic N) is 3. The summed E-state index contributed by atoms with van der Waals surface area (Å²) in [4.78, 5) is 31.4. The number of rotatable bonds is 11. The van der Waals surface area contributed by atoms with Crippen molar-refractivity contribution < 1.29 is 9.59 Å². The third kappa shape index (κ3) is 9.76. The number of piperazine rings is 1. The molecule has 2 unspecified atom stereocenters. The van der Waals surface area contributed by atoms with E-state index in [1.54, 1.807) is 4.90 Å². The van der Waals surface area contributed by atoms with Gasteiger partial charge in [-0.2, -0.15) is 0 Å². The Morgan fingerprint density at radius 1 is 1.15 bits per heavy atom. The molecule has 1 aromatic carbocycles. The van der Waals surface area contributed by atoms with Gasteiger partial charge in [-0.15, -0.1) is 0 Å². The molecule has 1 fully saturated rings. The van der Waals surface area contributed by atoms with Crippen LogP contribution in [-0.2, 0) is 16.1 Å². The van der Waals surface area contributed by atoms with E-state index in [2.05, 4.69) is 77.5 Å². The van der Waals surface area contributed by atoms with Crippen LogP contribution in [0.5, 0.6) is 0 Å². The first-order valence-electron chi connectivity index (χ1n) is 14.1. The van der Waals surface area contributed by atoms with Crippen molar-refractivity contribution in [2.75, 3.05) is 39.8 Å². The maximum Gasteiger partial charge on any atom is 0.241 e. The van der Waals surface area contributed by atoms with E-state index in [1.807, 2.05) is 45.2 Å². The Labute approximate surface area is 235 Å². The molecule has 0 saturated carbocycles. The van der Waals surface area contributed by atoms with Crippen molar-refractivity contribution in [1.82, 2.24) is 14.7 Å². The summed E-state index contributed by atoms with van der Waals surface area (Å²) >= 11 is 0. The SMILES string of the molecule is C\C=C/C=C\C(\C=C/C1C=CC=CCC1)=C(\C)CN1CCN(C)C(C(=O)N(CC=O)Cc2cccc(C)c2)C1. The lowest BCUT2D eigenvalue weighted by Gasteiger charge is -2.40. The predicted molar refractivity (Wildman–Crippen MR) is 162 cm³/mol. The van der Waals surface area contributed by atoms with Crippen molar-refractivity contribution in [2.24, 2.45) is 5.92 Å². The topological polar surface area (TPSA) is 43.9 Å². The average molecular weight is 528 g/mol. The third-order valence-corrected chi connectivity index (χ3v) is 7.41. The first kappa shape index (κ1) is 30.3. The molecule has 0 N–H and O–H groups in total. The summed E-state index contributed by atoms with van der Waals surface area (Å²) in [6.45, 7) is 9.94. The molecule has 0 bridgehead atoms. The number of carbonyl (C=O) groups excluding carboxylic acids is 2. The van der Waals surface area contributed by atoms with E-state index in [-0.39, 0.29) is 18.5 Å². The number of amides is 1. The number of benzene rings is 1. The molecule has 1 saturated heterocycles. The Hall–Kier alpha value is -3.28. The lowest BCUT2D eigenvalue weighted by atomic mass is 10.00. The van der Waals surface area contributed by atoms with Gasteiger partial charge in [-0.3, -0.25) is 14.6 Å². The third-order valence-electron chi connectivity index (χ3n) is 7.41. The number of hydrogen-bond acceptors (Lipinski definition) is 4. The molecular weight excluding hydrogens is 482 g/mol. The van der Waals surface area contributed by atoms with Gasteiger partial charge in [0.05, 0.1) is 6.54 Å². The zero-order valence-corrected chi connectivity index (χ0v) is 24.1. The zero-order chi connectivity index (χ0) is 28.0. The van der Waals surface area contributed by atoms with E-state index in [9.17, 15) is 9.59 Å². The highest BCUT2D eigenvalue weighted by Gasteiger charge is 2.33. The van der Waals surface area contributed by atoms with Crippen molar-refractivity contribution >= 4 is 12.2 Å². The minimum atomic E-state index is -0.280. The number of aldehydes is 1. The fourth-order valence-corrected chi connectivity index (χ4v) is 5.10. The second-order valence-corrected chi connectivity index (χ2v) is 10.6. The monoisotopic (exact) mass is 527 g/mol. The Balaban J connectivity index is 1.74. The highest BCUT2D eigenvalue weighted by atomic mass is 16.2. The van der Waals surface area contributed by atoms with E-state index in [0.717, 1.165) is 49.9 Å². The molecule has 1 heterocycles. The average Bonchev–Trinajstić information content (AvgIpc) is 3.20. The smallest absolute Gasteiger partial charge is 0.241 e. The number of carbonyl (C=O) groups is 2. The van der Waals surface area contributed by atoms with Gasteiger partial charge in [0.1, 0.15) is 12.3 Å². The van der Waals surface area contributed by atoms with E-state index < -0.39 is 0 Å². The van der Waals surface area contributed by atoms with Crippen LogP contribution in [0.3, 0.4) is 0 Å². The van der Waals surface area contributed by atoms with Gasteiger partial charge in [0.25, 0.3) is 0 Å². The number of aryl methyl sites for hydroxylation is 1. The van der Waals surface area contributed by atoms with Crippen LogP contribution in [0.4, 0.5) is 0 Å². The molecule has 1 aromatic rings. The van der Waals surface area contributed by atoms with Crippen molar-refractivity contribution in [3.63, 3.8) is 0 Å². The molecule has 3 rings (SSSR count). The van der Waals surface area contributed by atoms with Crippen LogP contribution in [0.1, 0.15) is 37.8 Å².